The molecule has 1 aromatic heterocycles. The summed E-state index contributed by atoms with van der Waals surface area (Å²) in [6.07, 6.45) is 2.70. The lowest BCUT2D eigenvalue weighted by Crippen LogP contribution is -2.15. The molecule has 0 amide bonds. The van der Waals surface area contributed by atoms with Gasteiger partial charge in [0, 0.05) is 14.6 Å². The zero-order valence-corrected chi connectivity index (χ0v) is 15.2. The molecule has 0 bridgehead atoms. The van der Waals surface area contributed by atoms with Crippen molar-refractivity contribution in [3.8, 4) is 0 Å². The first-order valence-electron chi connectivity index (χ1n) is 5.04. The second-order valence-electron chi connectivity index (χ2n) is 3.64. The van der Waals surface area contributed by atoms with E-state index in [1.165, 1.54) is 24.5 Å². The Hall–Kier alpha value is -0.710. The van der Waals surface area contributed by atoms with Gasteiger partial charge < -0.3 is 5.73 Å². The number of nitrogens with one attached hydrogen (secondary N) is 1. The van der Waals surface area contributed by atoms with Crippen LogP contribution in [0.4, 0.5) is 11.5 Å². The number of benzene rings is 1. The van der Waals surface area contributed by atoms with Crippen LogP contribution in [0.5, 0.6) is 0 Å². The first kappa shape index (κ1) is 15.7. The van der Waals surface area contributed by atoms with Crippen LogP contribution < -0.4 is 10.5 Å². The molecule has 0 radical (unpaired) electrons. The van der Waals surface area contributed by atoms with Crippen molar-refractivity contribution in [1.82, 2.24) is 9.97 Å². The van der Waals surface area contributed by atoms with Gasteiger partial charge >= 0.3 is 0 Å². The molecule has 20 heavy (non-hydrogen) atoms. The van der Waals surface area contributed by atoms with Gasteiger partial charge in [0.25, 0.3) is 10.0 Å². The summed E-state index contributed by atoms with van der Waals surface area (Å²) in [4.78, 5) is 7.85. The van der Waals surface area contributed by atoms with Gasteiger partial charge in [0.1, 0.15) is 9.50 Å². The van der Waals surface area contributed by atoms with E-state index in [0.717, 1.165) is 0 Å². The number of aromatic nitrogens is 2. The number of hydrogen-bond donors (Lipinski definition) is 2. The summed E-state index contributed by atoms with van der Waals surface area (Å²) < 4.78 is 28.2. The highest BCUT2D eigenvalue weighted by atomic mass is 79.9. The number of anilines is 2. The molecule has 10 heteroatoms. The summed E-state index contributed by atoms with van der Waals surface area (Å²) in [5.74, 6) is 0.115. The first-order valence-corrected chi connectivity index (χ1v) is 8.91. The molecule has 0 atom stereocenters. The van der Waals surface area contributed by atoms with E-state index in [1.807, 2.05) is 0 Å². The van der Waals surface area contributed by atoms with Crippen LogP contribution in [0.15, 0.2) is 43.0 Å². The quantitative estimate of drug-likeness (QED) is 0.649. The Morgan fingerprint density at radius 3 is 2.15 bits per heavy atom. The second kappa shape index (κ2) is 5.96. The molecule has 0 unspecified atom stereocenters. The third kappa shape index (κ3) is 3.48. The number of hydrogen-bond acceptors (Lipinski definition) is 5. The molecule has 0 spiro atoms. The molecule has 2 rings (SSSR count). The predicted octanol–water partition coefficient (Wildman–Crippen LogP) is 3.15. The van der Waals surface area contributed by atoms with Crippen molar-refractivity contribution in [1.29, 1.82) is 0 Å². The zero-order chi connectivity index (χ0) is 14.9. The molecule has 0 saturated heterocycles. The monoisotopic (exact) mass is 484 g/mol. The fraction of sp³-hybridized carbons (Fsp3) is 0. The minimum absolute atomic E-state index is 0.0384. The molecule has 0 fully saturated rings. The molecule has 0 aliphatic heterocycles. The number of halogens is 3. The summed E-state index contributed by atoms with van der Waals surface area (Å²) in [6, 6.07) is 3.01. The average Bonchev–Trinajstić information content (AvgIpc) is 2.30. The lowest BCUT2D eigenvalue weighted by molar-refractivity contribution is 0.600. The van der Waals surface area contributed by atoms with Crippen LogP contribution in [0.3, 0.4) is 0 Å². The molecule has 106 valence electrons. The van der Waals surface area contributed by atoms with E-state index in [4.69, 9.17) is 5.73 Å². The molecule has 2 aromatic rings. The van der Waals surface area contributed by atoms with Gasteiger partial charge in [-0.25, -0.2) is 18.4 Å². The van der Waals surface area contributed by atoms with Gasteiger partial charge in [-0.1, -0.05) is 0 Å². The van der Waals surface area contributed by atoms with Crippen LogP contribution in [0.2, 0.25) is 0 Å². The normalized spacial score (nSPS) is 11.3. The number of nitrogens with two attached hydrogens (primary N) is 1. The van der Waals surface area contributed by atoms with Gasteiger partial charge in [-0.05, 0) is 59.9 Å². The molecule has 0 aliphatic carbocycles. The van der Waals surface area contributed by atoms with Crippen molar-refractivity contribution in [2.45, 2.75) is 4.90 Å². The Morgan fingerprint density at radius 1 is 1.05 bits per heavy atom. The van der Waals surface area contributed by atoms with E-state index in [-0.39, 0.29) is 10.7 Å². The molecular weight excluding hydrogens is 480 g/mol. The van der Waals surface area contributed by atoms with Gasteiger partial charge in [0.15, 0.2) is 5.82 Å². The highest BCUT2D eigenvalue weighted by molar-refractivity contribution is 9.11. The van der Waals surface area contributed by atoms with Gasteiger partial charge in [-0.15, -0.1) is 0 Å². The van der Waals surface area contributed by atoms with Gasteiger partial charge in [0.05, 0.1) is 12.4 Å². The van der Waals surface area contributed by atoms with E-state index in [0.29, 0.717) is 19.2 Å². The zero-order valence-electron chi connectivity index (χ0n) is 9.64. The maximum absolute atomic E-state index is 12.3. The Labute approximate surface area is 140 Å². The molecule has 1 aromatic carbocycles. The Morgan fingerprint density at radius 2 is 1.65 bits per heavy atom. The summed E-state index contributed by atoms with van der Waals surface area (Å²) >= 11 is 9.49. The van der Waals surface area contributed by atoms with E-state index in [1.54, 1.807) is 0 Å². The highest BCUT2D eigenvalue weighted by Crippen LogP contribution is 2.33. The van der Waals surface area contributed by atoms with Crippen LogP contribution in [0, 0.1) is 0 Å². The van der Waals surface area contributed by atoms with Crippen molar-refractivity contribution >= 4 is 69.3 Å². The summed E-state index contributed by atoms with van der Waals surface area (Å²) in [7, 11) is -3.82. The summed E-state index contributed by atoms with van der Waals surface area (Å²) in [5, 5.41) is 0. The Kier molecular flexibility index (Phi) is 4.67. The molecule has 3 N–H and O–H groups in total. The predicted molar refractivity (Wildman–Crippen MR) is 86.8 cm³/mol. The van der Waals surface area contributed by atoms with Crippen molar-refractivity contribution in [3.05, 3.63) is 38.1 Å². The minimum atomic E-state index is -3.82. The van der Waals surface area contributed by atoms with Crippen LogP contribution in [0.25, 0.3) is 0 Å². The van der Waals surface area contributed by atoms with Crippen LogP contribution >= 0.6 is 47.8 Å². The standard InChI is InChI=1S/C10H7Br3N4O2S/c11-6-1-5(14)2-7(12)10(6)20(18,19)17-9-4-15-8(13)3-16-9/h1-4H,14H2,(H,16,17). The van der Waals surface area contributed by atoms with Crippen molar-refractivity contribution in [3.63, 3.8) is 0 Å². The SMILES string of the molecule is Nc1cc(Br)c(S(=O)(=O)Nc2cnc(Br)cn2)c(Br)c1. The minimum Gasteiger partial charge on any atom is -0.399 e. The summed E-state index contributed by atoms with van der Waals surface area (Å²) in [6.45, 7) is 0. The van der Waals surface area contributed by atoms with E-state index >= 15 is 0 Å². The maximum atomic E-state index is 12.3. The largest absolute Gasteiger partial charge is 0.399 e. The third-order valence-electron chi connectivity index (χ3n) is 2.15. The van der Waals surface area contributed by atoms with Crippen LogP contribution in [0.1, 0.15) is 0 Å². The highest BCUT2D eigenvalue weighted by Gasteiger charge is 2.22. The molecular formula is C10H7Br3N4O2S. The second-order valence-corrected chi connectivity index (χ2v) is 7.78. The van der Waals surface area contributed by atoms with Crippen LogP contribution in [-0.4, -0.2) is 18.4 Å². The van der Waals surface area contributed by atoms with E-state index in [9.17, 15) is 8.42 Å². The van der Waals surface area contributed by atoms with Crippen molar-refractivity contribution in [2.75, 3.05) is 10.5 Å². The lowest BCUT2D eigenvalue weighted by atomic mass is 10.3. The van der Waals surface area contributed by atoms with Crippen molar-refractivity contribution in [2.24, 2.45) is 0 Å². The smallest absolute Gasteiger partial charge is 0.265 e. The Bertz CT molecular complexity index is 727. The number of nitrogen functional groups attached to an aromatic ring is 1. The van der Waals surface area contributed by atoms with Crippen molar-refractivity contribution < 1.29 is 8.42 Å². The van der Waals surface area contributed by atoms with Gasteiger partial charge in [0.2, 0.25) is 0 Å². The maximum Gasteiger partial charge on any atom is 0.265 e. The molecule has 0 aliphatic rings. The van der Waals surface area contributed by atoms with Crippen LogP contribution in [-0.2, 0) is 10.0 Å². The number of rotatable bonds is 3. The Balaban J connectivity index is 2.43. The average molecular weight is 487 g/mol. The molecule has 0 saturated carbocycles. The fourth-order valence-electron chi connectivity index (χ4n) is 1.39. The van der Waals surface area contributed by atoms with Gasteiger partial charge in [-0.2, -0.15) is 0 Å². The lowest BCUT2D eigenvalue weighted by Gasteiger charge is -2.11. The third-order valence-corrected chi connectivity index (χ3v) is 5.79. The fourth-order valence-corrected chi connectivity index (χ4v) is 5.21. The topological polar surface area (TPSA) is 98.0 Å². The summed E-state index contributed by atoms with van der Waals surface area (Å²) in [5.41, 5.74) is 6.07. The number of sulfonamides is 1. The van der Waals surface area contributed by atoms with Gasteiger partial charge in [-0.3, -0.25) is 4.72 Å². The molecule has 1 heterocycles. The van der Waals surface area contributed by atoms with E-state index in [2.05, 4.69) is 62.5 Å². The number of nitrogens with zero attached hydrogens (tertiary/aromatic N) is 2. The first-order chi connectivity index (χ1) is 9.29. The molecule has 6 nitrogen and oxygen atoms in total. The van der Waals surface area contributed by atoms with E-state index < -0.39 is 10.0 Å².